The fourth-order valence-electron chi connectivity index (χ4n) is 2.23. The first-order valence-corrected chi connectivity index (χ1v) is 6.81. The van der Waals surface area contributed by atoms with Crippen LogP contribution in [0, 0.1) is 0 Å². The molecular weight excluding hydrogens is 242 g/mol. The van der Waals surface area contributed by atoms with Crippen molar-refractivity contribution in [2.45, 2.75) is 12.5 Å². The molecule has 0 fully saturated rings. The van der Waals surface area contributed by atoms with E-state index in [0.29, 0.717) is 0 Å². The normalized spacial score (nSPS) is 13.0. The average molecular weight is 257 g/mol. The van der Waals surface area contributed by atoms with Gasteiger partial charge in [0.25, 0.3) is 0 Å². The van der Waals surface area contributed by atoms with Gasteiger partial charge in [-0.1, -0.05) is 18.2 Å². The van der Waals surface area contributed by atoms with Crippen molar-refractivity contribution in [1.29, 1.82) is 0 Å². The highest BCUT2D eigenvalue weighted by molar-refractivity contribution is 7.17. The van der Waals surface area contributed by atoms with Gasteiger partial charge in [-0.3, -0.25) is 4.68 Å². The number of fused-ring (bicyclic) bond motifs is 1. The minimum Gasteiger partial charge on any atom is -0.324 e. The SMILES string of the molecule is Cn1cc(CC(N)c2csc3ccccc23)cn1. The van der Waals surface area contributed by atoms with E-state index in [-0.39, 0.29) is 6.04 Å². The number of aromatic nitrogens is 2. The molecule has 18 heavy (non-hydrogen) atoms. The van der Waals surface area contributed by atoms with Crippen LogP contribution in [0.4, 0.5) is 0 Å². The smallest absolute Gasteiger partial charge is 0.0522 e. The lowest BCUT2D eigenvalue weighted by Gasteiger charge is -2.09. The van der Waals surface area contributed by atoms with E-state index < -0.39 is 0 Å². The van der Waals surface area contributed by atoms with Crippen LogP contribution in [0.3, 0.4) is 0 Å². The molecule has 0 bridgehead atoms. The number of rotatable bonds is 3. The third-order valence-corrected chi connectivity index (χ3v) is 4.11. The average Bonchev–Trinajstić information content (AvgIpc) is 2.95. The number of aryl methyl sites for hydroxylation is 1. The maximum absolute atomic E-state index is 6.32. The zero-order chi connectivity index (χ0) is 12.5. The minimum atomic E-state index is 0.0327. The molecule has 3 nitrogen and oxygen atoms in total. The van der Waals surface area contributed by atoms with Crippen molar-refractivity contribution in [3.8, 4) is 0 Å². The molecule has 1 aromatic carbocycles. The Morgan fingerprint density at radius 3 is 3.00 bits per heavy atom. The third-order valence-electron chi connectivity index (χ3n) is 3.12. The zero-order valence-corrected chi connectivity index (χ0v) is 11.0. The lowest BCUT2D eigenvalue weighted by atomic mass is 10.0. The van der Waals surface area contributed by atoms with E-state index in [1.165, 1.54) is 21.2 Å². The van der Waals surface area contributed by atoms with Crippen molar-refractivity contribution >= 4 is 21.4 Å². The molecule has 2 aromatic heterocycles. The van der Waals surface area contributed by atoms with E-state index in [0.717, 1.165) is 6.42 Å². The molecule has 0 aliphatic carbocycles. The molecule has 1 unspecified atom stereocenters. The second-order valence-corrected chi connectivity index (χ2v) is 5.43. The van der Waals surface area contributed by atoms with Crippen molar-refractivity contribution in [2.24, 2.45) is 12.8 Å². The van der Waals surface area contributed by atoms with E-state index in [1.807, 2.05) is 24.1 Å². The second kappa shape index (κ2) is 4.55. The summed E-state index contributed by atoms with van der Waals surface area (Å²) < 4.78 is 3.11. The first-order chi connectivity index (χ1) is 8.74. The Hall–Kier alpha value is -1.65. The highest BCUT2D eigenvalue weighted by atomic mass is 32.1. The first-order valence-electron chi connectivity index (χ1n) is 5.93. The van der Waals surface area contributed by atoms with Gasteiger partial charge >= 0.3 is 0 Å². The summed E-state index contributed by atoms with van der Waals surface area (Å²) in [7, 11) is 1.93. The molecule has 4 heteroatoms. The van der Waals surface area contributed by atoms with E-state index in [4.69, 9.17) is 5.73 Å². The molecule has 2 N–H and O–H groups in total. The lowest BCUT2D eigenvalue weighted by Crippen LogP contribution is -2.12. The van der Waals surface area contributed by atoms with E-state index in [9.17, 15) is 0 Å². The van der Waals surface area contributed by atoms with Crippen LogP contribution in [0.1, 0.15) is 17.2 Å². The van der Waals surface area contributed by atoms with Gasteiger partial charge in [0.05, 0.1) is 6.20 Å². The molecule has 92 valence electrons. The second-order valence-electron chi connectivity index (χ2n) is 4.52. The summed E-state index contributed by atoms with van der Waals surface area (Å²) in [4.78, 5) is 0. The molecule has 1 atom stereocenters. The van der Waals surface area contributed by atoms with Crippen molar-refractivity contribution in [1.82, 2.24) is 9.78 Å². The number of thiophene rings is 1. The predicted molar refractivity (Wildman–Crippen MR) is 75.7 cm³/mol. The Morgan fingerprint density at radius 2 is 2.22 bits per heavy atom. The highest BCUT2D eigenvalue weighted by Crippen LogP contribution is 2.30. The van der Waals surface area contributed by atoms with Crippen LogP contribution in [-0.4, -0.2) is 9.78 Å². The van der Waals surface area contributed by atoms with Crippen molar-refractivity contribution in [3.63, 3.8) is 0 Å². The topological polar surface area (TPSA) is 43.8 Å². The fraction of sp³-hybridized carbons (Fsp3) is 0.214. The summed E-state index contributed by atoms with van der Waals surface area (Å²) in [5.74, 6) is 0. The van der Waals surface area contributed by atoms with Gasteiger partial charge in [0, 0.05) is 24.0 Å². The molecule has 0 radical (unpaired) electrons. The zero-order valence-electron chi connectivity index (χ0n) is 10.2. The summed E-state index contributed by atoms with van der Waals surface area (Å²) in [6.07, 6.45) is 4.73. The molecule has 2 heterocycles. The van der Waals surface area contributed by atoms with E-state index >= 15 is 0 Å². The predicted octanol–water partition coefficient (Wildman–Crippen LogP) is 2.88. The van der Waals surface area contributed by atoms with Gasteiger partial charge in [-0.15, -0.1) is 11.3 Å². The molecule has 3 rings (SSSR count). The van der Waals surface area contributed by atoms with E-state index in [1.54, 1.807) is 11.3 Å². The van der Waals surface area contributed by atoms with Crippen molar-refractivity contribution < 1.29 is 0 Å². The van der Waals surface area contributed by atoms with Gasteiger partial charge in [-0.2, -0.15) is 5.10 Å². The van der Waals surface area contributed by atoms with Crippen molar-refractivity contribution in [3.05, 3.63) is 53.2 Å². The fourth-order valence-corrected chi connectivity index (χ4v) is 3.25. The Morgan fingerprint density at radius 1 is 1.39 bits per heavy atom. The maximum atomic E-state index is 6.32. The van der Waals surface area contributed by atoms with Crippen LogP contribution in [0.2, 0.25) is 0 Å². The summed E-state index contributed by atoms with van der Waals surface area (Å²) in [5.41, 5.74) is 8.73. The molecule has 0 aliphatic heterocycles. The molecule has 0 spiro atoms. The number of benzene rings is 1. The summed E-state index contributed by atoms with van der Waals surface area (Å²) in [6, 6.07) is 8.44. The molecule has 3 aromatic rings. The van der Waals surface area contributed by atoms with Crippen LogP contribution in [0.5, 0.6) is 0 Å². The Balaban J connectivity index is 1.90. The number of nitrogens with zero attached hydrogens (tertiary/aromatic N) is 2. The van der Waals surface area contributed by atoms with Crippen LogP contribution < -0.4 is 5.73 Å². The molecule has 0 aliphatic rings. The van der Waals surface area contributed by atoms with Crippen LogP contribution in [-0.2, 0) is 13.5 Å². The number of nitrogens with two attached hydrogens (primary N) is 1. The van der Waals surface area contributed by atoms with Gasteiger partial charge in [0.1, 0.15) is 0 Å². The number of hydrogen-bond acceptors (Lipinski definition) is 3. The van der Waals surface area contributed by atoms with Crippen LogP contribution in [0.25, 0.3) is 10.1 Å². The maximum Gasteiger partial charge on any atom is 0.0522 e. The first kappa shape index (κ1) is 11.4. The molecule has 0 saturated carbocycles. The van der Waals surface area contributed by atoms with Gasteiger partial charge in [-0.25, -0.2) is 0 Å². The van der Waals surface area contributed by atoms with E-state index in [2.05, 4.69) is 34.7 Å². The number of hydrogen-bond donors (Lipinski definition) is 1. The summed E-state index contributed by atoms with van der Waals surface area (Å²) in [5, 5.41) is 7.63. The standard InChI is InChI=1S/C14H15N3S/c1-17-8-10(7-16-17)6-13(15)12-9-18-14-5-3-2-4-11(12)14/h2-5,7-9,13H,6,15H2,1H3. The minimum absolute atomic E-state index is 0.0327. The van der Waals surface area contributed by atoms with Crippen LogP contribution in [0.15, 0.2) is 42.0 Å². The Labute approximate surface area is 110 Å². The molecule has 0 amide bonds. The van der Waals surface area contributed by atoms with Gasteiger partial charge in [0.2, 0.25) is 0 Å². The largest absolute Gasteiger partial charge is 0.324 e. The molecular formula is C14H15N3S. The summed E-state index contributed by atoms with van der Waals surface area (Å²) in [6.45, 7) is 0. The monoisotopic (exact) mass is 257 g/mol. The molecule has 0 saturated heterocycles. The van der Waals surface area contributed by atoms with Gasteiger partial charge in [0.15, 0.2) is 0 Å². The van der Waals surface area contributed by atoms with Gasteiger partial charge < -0.3 is 5.73 Å². The summed E-state index contributed by atoms with van der Waals surface area (Å²) >= 11 is 1.76. The highest BCUT2D eigenvalue weighted by Gasteiger charge is 2.12. The Kier molecular flexibility index (Phi) is 2.89. The third kappa shape index (κ3) is 2.05. The Bertz CT molecular complexity index is 668. The van der Waals surface area contributed by atoms with Crippen molar-refractivity contribution in [2.75, 3.05) is 0 Å². The van der Waals surface area contributed by atoms with Crippen LogP contribution >= 0.6 is 11.3 Å². The lowest BCUT2D eigenvalue weighted by molar-refractivity contribution is 0.727. The quantitative estimate of drug-likeness (QED) is 0.784. The van der Waals surface area contributed by atoms with Gasteiger partial charge in [-0.05, 0) is 34.4 Å².